The maximum atomic E-state index is 11.1. The van der Waals surface area contributed by atoms with E-state index in [1.807, 2.05) is 13.8 Å². The molecule has 0 aliphatic rings. The summed E-state index contributed by atoms with van der Waals surface area (Å²) >= 11 is 0. The Bertz CT molecular complexity index is 186. The van der Waals surface area contributed by atoms with Gasteiger partial charge in [-0.25, -0.2) is 4.79 Å². The largest absolute Gasteiger partial charge is 0.466 e. The maximum Gasteiger partial charge on any atom is 0.347 e. The smallest absolute Gasteiger partial charge is 0.347 e. The minimum absolute atomic E-state index is 0.281. The number of hydrogen-bond donors (Lipinski definition) is 0. The molecule has 0 N–H and O–H groups in total. The number of carbonyl (C=O) groups is 2. The molecule has 0 amide bonds. The summed E-state index contributed by atoms with van der Waals surface area (Å²) < 4.78 is 9.30. The summed E-state index contributed by atoms with van der Waals surface area (Å²) in [6.07, 6.45) is -0.269. The molecular formula is C9H16O4. The number of hydrogen-bond acceptors (Lipinski definition) is 4. The van der Waals surface area contributed by atoms with Gasteiger partial charge in [0.1, 0.15) is 0 Å². The zero-order chi connectivity index (χ0) is 10.4. The molecule has 0 unspecified atom stereocenters. The van der Waals surface area contributed by atoms with Gasteiger partial charge in [-0.2, -0.15) is 0 Å². The van der Waals surface area contributed by atoms with Gasteiger partial charge in [-0.3, -0.25) is 4.79 Å². The SMILES string of the molecule is COC(=O)[C@H](CC(C)C)OC(C)=O. The lowest BCUT2D eigenvalue weighted by molar-refractivity contribution is -0.165. The van der Waals surface area contributed by atoms with E-state index in [1.54, 1.807) is 0 Å². The van der Waals surface area contributed by atoms with Gasteiger partial charge in [-0.1, -0.05) is 13.8 Å². The van der Waals surface area contributed by atoms with Crippen LogP contribution in [0.4, 0.5) is 0 Å². The predicted octanol–water partition coefficient (Wildman–Crippen LogP) is 1.14. The molecule has 13 heavy (non-hydrogen) atoms. The van der Waals surface area contributed by atoms with Crippen molar-refractivity contribution in [3.63, 3.8) is 0 Å². The molecule has 0 bridgehead atoms. The molecule has 4 nitrogen and oxygen atoms in total. The first-order chi connectivity index (χ1) is 5.97. The molecule has 0 rings (SSSR count). The van der Waals surface area contributed by atoms with Gasteiger partial charge in [-0.15, -0.1) is 0 Å². The number of methoxy groups -OCH3 is 1. The van der Waals surface area contributed by atoms with Crippen molar-refractivity contribution in [1.29, 1.82) is 0 Å². The van der Waals surface area contributed by atoms with Crippen LogP contribution in [-0.2, 0) is 19.1 Å². The first kappa shape index (κ1) is 11.9. The summed E-state index contributed by atoms with van der Waals surface area (Å²) in [6.45, 7) is 5.16. The second-order valence-electron chi connectivity index (χ2n) is 3.25. The molecule has 1 atom stereocenters. The standard InChI is InChI=1S/C9H16O4/c1-6(2)5-8(9(11)12-4)13-7(3)10/h6,8H,5H2,1-4H3/t8-/m0/s1. The highest BCUT2D eigenvalue weighted by molar-refractivity contribution is 5.78. The van der Waals surface area contributed by atoms with E-state index in [2.05, 4.69) is 4.74 Å². The van der Waals surface area contributed by atoms with Gasteiger partial charge in [0.15, 0.2) is 6.10 Å². The van der Waals surface area contributed by atoms with Crippen molar-refractivity contribution in [3.05, 3.63) is 0 Å². The van der Waals surface area contributed by atoms with Crippen molar-refractivity contribution >= 4 is 11.9 Å². The average molecular weight is 188 g/mol. The zero-order valence-electron chi connectivity index (χ0n) is 8.49. The molecule has 0 radical (unpaired) electrons. The van der Waals surface area contributed by atoms with Crippen molar-refractivity contribution in [2.45, 2.75) is 33.3 Å². The van der Waals surface area contributed by atoms with E-state index in [9.17, 15) is 9.59 Å². The fraction of sp³-hybridized carbons (Fsp3) is 0.778. The van der Waals surface area contributed by atoms with Crippen LogP contribution >= 0.6 is 0 Å². The Balaban J connectivity index is 4.18. The van der Waals surface area contributed by atoms with Crippen molar-refractivity contribution < 1.29 is 19.1 Å². The Kier molecular flexibility index (Phi) is 5.11. The lowest BCUT2D eigenvalue weighted by atomic mass is 10.1. The Morgan fingerprint density at radius 2 is 1.85 bits per heavy atom. The van der Waals surface area contributed by atoms with E-state index in [4.69, 9.17) is 4.74 Å². The quantitative estimate of drug-likeness (QED) is 0.621. The molecule has 0 saturated heterocycles. The van der Waals surface area contributed by atoms with E-state index in [0.717, 1.165) is 0 Å². The zero-order valence-corrected chi connectivity index (χ0v) is 8.49. The van der Waals surface area contributed by atoms with Gasteiger partial charge in [0, 0.05) is 6.92 Å². The summed E-state index contributed by atoms with van der Waals surface area (Å²) in [7, 11) is 1.28. The van der Waals surface area contributed by atoms with Gasteiger partial charge in [0.25, 0.3) is 0 Å². The number of carbonyl (C=O) groups excluding carboxylic acids is 2. The normalized spacial score (nSPS) is 12.4. The third-order valence-electron chi connectivity index (χ3n) is 1.46. The molecule has 0 heterocycles. The Labute approximate surface area is 78.2 Å². The minimum atomic E-state index is -0.762. The molecule has 0 aromatic rings. The van der Waals surface area contributed by atoms with Crippen molar-refractivity contribution in [3.8, 4) is 0 Å². The predicted molar refractivity (Wildman–Crippen MR) is 47.0 cm³/mol. The first-order valence-corrected chi connectivity index (χ1v) is 4.22. The highest BCUT2D eigenvalue weighted by atomic mass is 16.6. The summed E-state index contributed by atoms with van der Waals surface area (Å²) in [6, 6.07) is 0. The number of esters is 2. The van der Waals surface area contributed by atoms with Crippen molar-refractivity contribution in [2.24, 2.45) is 5.92 Å². The minimum Gasteiger partial charge on any atom is -0.466 e. The summed E-state index contributed by atoms with van der Waals surface area (Å²) in [5.74, 6) is -0.677. The maximum absolute atomic E-state index is 11.1. The first-order valence-electron chi connectivity index (χ1n) is 4.22. The van der Waals surface area contributed by atoms with Gasteiger partial charge >= 0.3 is 11.9 Å². The van der Waals surface area contributed by atoms with E-state index >= 15 is 0 Å². The molecule has 0 spiro atoms. The van der Waals surface area contributed by atoms with Gasteiger partial charge < -0.3 is 9.47 Å². The van der Waals surface area contributed by atoms with E-state index < -0.39 is 18.0 Å². The van der Waals surface area contributed by atoms with Crippen LogP contribution in [0, 0.1) is 5.92 Å². The van der Waals surface area contributed by atoms with Crippen LogP contribution in [0.5, 0.6) is 0 Å². The molecule has 0 saturated carbocycles. The monoisotopic (exact) mass is 188 g/mol. The molecule has 4 heteroatoms. The van der Waals surface area contributed by atoms with Crippen molar-refractivity contribution in [1.82, 2.24) is 0 Å². The molecule has 0 aliphatic heterocycles. The highest BCUT2D eigenvalue weighted by Gasteiger charge is 2.23. The molecule has 76 valence electrons. The van der Waals surface area contributed by atoms with Crippen LogP contribution in [0.2, 0.25) is 0 Å². The topological polar surface area (TPSA) is 52.6 Å². The van der Waals surface area contributed by atoms with Gasteiger partial charge in [0.05, 0.1) is 7.11 Å². The number of rotatable bonds is 4. The lowest BCUT2D eigenvalue weighted by Crippen LogP contribution is -2.28. The van der Waals surface area contributed by atoms with E-state index in [-0.39, 0.29) is 5.92 Å². The van der Waals surface area contributed by atoms with Crippen LogP contribution in [0.1, 0.15) is 27.2 Å². The second kappa shape index (κ2) is 5.56. The summed E-state index contributed by atoms with van der Waals surface area (Å²) in [5.41, 5.74) is 0. The van der Waals surface area contributed by atoms with E-state index in [1.165, 1.54) is 14.0 Å². The van der Waals surface area contributed by atoms with Crippen LogP contribution in [-0.4, -0.2) is 25.2 Å². The van der Waals surface area contributed by atoms with Crippen molar-refractivity contribution in [2.75, 3.05) is 7.11 Å². The van der Waals surface area contributed by atoms with Gasteiger partial charge in [0.2, 0.25) is 0 Å². The molecule has 0 aromatic heterocycles. The second-order valence-corrected chi connectivity index (χ2v) is 3.25. The Morgan fingerprint density at radius 3 is 2.15 bits per heavy atom. The van der Waals surface area contributed by atoms with Crippen LogP contribution in [0.25, 0.3) is 0 Å². The fourth-order valence-corrected chi connectivity index (χ4v) is 0.952. The molecule has 0 fully saturated rings. The lowest BCUT2D eigenvalue weighted by Gasteiger charge is -2.16. The van der Waals surface area contributed by atoms with Crippen LogP contribution < -0.4 is 0 Å². The fourth-order valence-electron chi connectivity index (χ4n) is 0.952. The molecule has 0 aromatic carbocycles. The Hall–Kier alpha value is -1.06. The third kappa shape index (κ3) is 5.22. The van der Waals surface area contributed by atoms with Crippen LogP contribution in [0.3, 0.4) is 0 Å². The van der Waals surface area contributed by atoms with Gasteiger partial charge in [-0.05, 0) is 12.3 Å². The number of ether oxygens (including phenoxy) is 2. The molecular weight excluding hydrogens is 172 g/mol. The van der Waals surface area contributed by atoms with E-state index in [0.29, 0.717) is 6.42 Å². The molecule has 0 aliphatic carbocycles. The third-order valence-corrected chi connectivity index (χ3v) is 1.46. The highest BCUT2D eigenvalue weighted by Crippen LogP contribution is 2.09. The summed E-state index contributed by atoms with van der Waals surface area (Å²) in [4.78, 5) is 21.7. The van der Waals surface area contributed by atoms with Crippen LogP contribution in [0.15, 0.2) is 0 Å². The Morgan fingerprint density at radius 1 is 1.31 bits per heavy atom. The summed E-state index contributed by atoms with van der Waals surface area (Å²) in [5, 5.41) is 0. The average Bonchev–Trinajstić information content (AvgIpc) is 2.00.